The highest BCUT2D eigenvalue weighted by molar-refractivity contribution is 7.08. The molecule has 1 atom stereocenters. The van der Waals surface area contributed by atoms with Crippen LogP contribution in [0.1, 0.15) is 18.1 Å². The largest absolute Gasteiger partial charge is 0.496 e. The average Bonchev–Trinajstić information content (AvgIpc) is 2.82. The minimum absolute atomic E-state index is 0.168. The van der Waals surface area contributed by atoms with Crippen LogP contribution in [-0.2, 0) is 5.60 Å². The summed E-state index contributed by atoms with van der Waals surface area (Å²) in [5, 5.41) is 14.2. The van der Waals surface area contributed by atoms with Gasteiger partial charge in [0.05, 0.1) is 12.7 Å². The quantitative estimate of drug-likeness (QED) is 0.909. The number of aliphatic hydroxyl groups is 1. The van der Waals surface area contributed by atoms with Crippen LogP contribution in [0.4, 0.5) is 4.39 Å². The molecule has 0 aliphatic carbocycles. The Balaban J connectivity index is 2.60. The molecule has 1 N–H and O–H groups in total. The van der Waals surface area contributed by atoms with Gasteiger partial charge in [-0.25, -0.2) is 4.39 Å². The number of hydrogen-bond acceptors (Lipinski definition) is 3. The van der Waals surface area contributed by atoms with Gasteiger partial charge >= 0.3 is 0 Å². The topological polar surface area (TPSA) is 29.5 Å². The number of hydrogen-bond donors (Lipinski definition) is 1. The highest BCUT2D eigenvalue weighted by atomic mass is 32.1. The number of halogens is 1. The molecule has 0 bridgehead atoms. The van der Waals surface area contributed by atoms with Crippen LogP contribution in [0.25, 0.3) is 0 Å². The Morgan fingerprint density at radius 3 is 2.71 bits per heavy atom. The molecule has 0 saturated carbocycles. The van der Waals surface area contributed by atoms with E-state index in [-0.39, 0.29) is 5.56 Å². The molecule has 2 nitrogen and oxygen atoms in total. The van der Waals surface area contributed by atoms with Crippen molar-refractivity contribution in [2.75, 3.05) is 7.11 Å². The van der Waals surface area contributed by atoms with Crippen LogP contribution >= 0.6 is 11.3 Å². The molecule has 17 heavy (non-hydrogen) atoms. The van der Waals surface area contributed by atoms with E-state index in [9.17, 15) is 9.50 Å². The van der Waals surface area contributed by atoms with Crippen molar-refractivity contribution < 1.29 is 14.2 Å². The van der Waals surface area contributed by atoms with Crippen molar-refractivity contribution in [3.63, 3.8) is 0 Å². The molecule has 90 valence electrons. The maximum Gasteiger partial charge on any atom is 0.133 e. The van der Waals surface area contributed by atoms with Gasteiger partial charge in [-0.2, -0.15) is 11.3 Å². The SMILES string of the molecule is COc1cccc(F)c1C(C)(O)c1ccsc1. The number of rotatable bonds is 3. The fraction of sp³-hybridized carbons (Fsp3) is 0.231. The van der Waals surface area contributed by atoms with Crippen molar-refractivity contribution in [2.24, 2.45) is 0 Å². The predicted molar refractivity (Wildman–Crippen MR) is 65.9 cm³/mol. The van der Waals surface area contributed by atoms with Gasteiger partial charge in [0, 0.05) is 0 Å². The van der Waals surface area contributed by atoms with Crippen LogP contribution in [0.15, 0.2) is 35.0 Å². The fourth-order valence-electron chi connectivity index (χ4n) is 1.83. The number of thiophene rings is 1. The lowest BCUT2D eigenvalue weighted by Crippen LogP contribution is -2.24. The first kappa shape index (κ1) is 12.1. The lowest BCUT2D eigenvalue weighted by molar-refractivity contribution is 0.0950. The van der Waals surface area contributed by atoms with Crippen LogP contribution in [0.5, 0.6) is 5.75 Å². The molecule has 1 heterocycles. The van der Waals surface area contributed by atoms with E-state index < -0.39 is 11.4 Å². The van der Waals surface area contributed by atoms with Crippen molar-refractivity contribution >= 4 is 11.3 Å². The summed E-state index contributed by atoms with van der Waals surface area (Å²) < 4.78 is 19.0. The third-order valence-corrected chi connectivity index (χ3v) is 3.45. The first-order valence-corrected chi connectivity index (χ1v) is 6.09. The molecular weight excluding hydrogens is 239 g/mol. The second kappa shape index (κ2) is 4.47. The second-order valence-electron chi connectivity index (χ2n) is 3.90. The van der Waals surface area contributed by atoms with Crippen molar-refractivity contribution in [1.82, 2.24) is 0 Å². The number of benzene rings is 1. The molecule has 0 saturated heterocycles. The molecule has 1 aromatic heterocycles. The maximum absolute atomic E-state index is 13.9. The zero-order chi connectivity index (χ0) is 12.5. The summed E-state index contributed by atoms with van der Waals surface area (Å²) in [4.78, 5) is 0. The van der Waals surface area contributed by atoms with E-state index in [2.05, 4.69) is 0 Å². The van der Waals surface area contributed by atoms with Crippen molar-refractivity contribution in [3.05, 3.63) is 52.0 Å². The van der Waals surface area contributed by atoms with Crippen molar-refractivity contribution in [3.8, 4) is 5.75 Å². The smallest absolute Gasteiger partial charge is 0.133 e. The molecule has 0 aliphatic rings. The first-order chi connectivity index (χ1) is 8.07. The number of ether oxygens (including phenoxy) is 1. The summed E-state index contributed by atoms with van der Waals surface area (Å²) in [5.41, 5.74) is -0.566. The third-order valence-electron chi connectivity index (χ3n) is 2.77. The van der Waals surface area contributed by atoms with E-state index in [1.165, 1.54) is 24.5 Å². The van der Waals surface area contributed by atoms with E-state index in [4.69, 9.17) is 4.74 Å². The van der Waals surface area contributed by atoms with Crippen LogP contribution in [0.3, 0.4) is 0 Å². The summed E-state index contributed by atoms with van der Waals surface area (Å²) in [7, 11) is 1.46. The summed E-state index contributed by atoms with van der Waals surface area (Å²) in [5.74, 6) is -0.123. The Bertz CT molecular complexity index is 506. The molecule has 0 fully saturated rings. The van der Waals surface area contributed by atoms with Gasteiger partial charge in [0.1, 0.15) is 17.2 Å². The monoisotopic (exact) mass is 252 g/mol. The zero-order valence-corrected chi connectivity index (χ0v) is 10.4. The summed E-state index contributed by atoms with van der Waals surface area (Å²) in [6, 6.07) is 6.29. The van der Waals surface area contributed by atoms with Gasteiger partial charge in [-0.1, -0.05) is 6.07 Å². The van der Waals surface area contributed by atoms with Crippen LogP contribution in [-0.4, -0.2) is 12.2 Å². The summed E-state index contributed by atoms with van der Waals surface area (Å²) in [6.45, 7) is 1.57. The third kappa shape index (κ3) is 2.06. The second-order valence-corrected chi connectivity index (χ2v) is 4.68. The van der Waals surface area contributed by atoms with Crippen LogP contribution in [0, 0.1) is 5.82 Å². The van der Waals surface area contributed by atoms with Gasteiger partial charge < -0.3 is 9.84 Å². The molecule has 0 radical (unpaired) electrons. The molecular formula is C13H13FO2S. The standard InChI is InChI=1S/C13H13FO2S/c1-13(15,9-6-7-17-8-9)12-10(14)4-3-5-11(12)16-2/h3-8,15H,1-2H3. The van der Waals surface area contributed by atoms with Gasteiger partial charge in [-0.15, -0.1) is 0 Å². The van der Waals surface area contributed by atoms with Gasteiger partial charge in [-0.05, 0) is 41.4 Å². The average molecular weight is 252 g/mol. The lowest BCUT2D eigenvalue weighted by Gasteiger charge is -2.25. The lowest BCUT2D eigenvalue weighted by atomic mass is 9.89. The van der Waals surface area contributed by atoms with Gasteiger partial charge in [0.2, 0.25) is 0 Å². The molecule has 1 aromatic carbocycles. The van der Waals surface area contributed by atoms with Crippen LogP contribution < -0.4 is 4.74 Å². The molecule has 2 aromatic rings. The summed E-state index contributed by atoms with van der Waals surface area (Å²) >= 11 is 1.46. The van der Waals surface area contributed by atoms with Gasteiger partial charge in [-0.3, -0.25) is 0 Å². The van der Waals surface area contributed by atoms with E-state index >= 15 is 0 Å². The molecule has 1 unspecified atom stereocenters. The zero-order valence-electron chi connectivity index (χ0n) is 9.61. The Morgan fingerprint density at radius 1 is 1.35 bits per heavy atom. The van der Waals surface area contributed by atoms with Crippen LogP contribution in [0.2, 0.25) is 0 Å². The Hall–Kier alpha value is -1.39. The van der Waals surface area contributed by atoms with E-state index in [1.54, 1.807) is 30.5 Å². The first-order valence-electron chi connectivity index (χ1n) is 5.15. The molecule has 0 amide bonds. The Kier molecular flexibility index (Phi) is 3.17. The van der Waals surface area contributed by atoms with Crippen molar-refractivity contribution in [1.29, 1.82) is 0 Å². The molecule has 0 spiro atoms. The van der Waals surface area contributed by atoms with Crippen molar-refractivity contribution in [2.45, 2.75) is 12.5 Å². The highest BCUT2D eigenvalue weighted by Crippen LogP contribution is 2.37. The molecule has 0 aliphatic heterocycles. The predicted octanol–water partition coefficient (Wildman–Crippen LogP) is 3.15. The van der Waals surface area contributed by atoms with Gasteiger partial charge in [0.25, 0.3) is 0 Å². The Labute approximate surface area is 103 Å². The minimum atomic E-state index is -1.39. The summed E-state index contributed by atoms with van der Waals surface area (Å²) in [6.07, 6.45) is 0. The highest BCUT2D eigenvalue weighted by Gasteiger charge is 2.32. The van der Waals surface area contributed by atoms with E-state index in [0.29, 0.717) is 11.3 Å². The number of methoxy groups -OCH3 is 1. The molecule has 2 rings (SSSR count). The van der Waals surface area contributed by atoms with E-state index in [1.807, 2.05) is 5.38 Å². The van der Waals surface area contributed by atoms with Gasteiger partial charge in [0.15, 0.2) is 0 Å². The normalized spacial score (nSPS) is 14.4. The maximum atomic E-state index is 13.9. The molecule has 4 heteroatoms. The minimum Gasteiger partial charge on any atom is -0.496 e. The fourth-order valence-corrected chi connectivity index (χ4v) is 2.59. The Morgan fingerprint density at radius 2 is 2.12 bits per heavy atom. The van der Waals surface area contributed by atoms with E-state index in [0.717, 1.165) is 0 Å².